The summed E-state index contributed by atoms with van der Waals surface area (Å²) in [7, 11) is 0. The van der Waals surface area contributed by atoms with Gasteiger partial charge in [0.25, 0.3) is 0 Å². The van der Waals surface area contributed by atoms with Crippen LogP contribution in [0.4, 0.5) is 0 Å². The van der Waals surface area contributed by atoms with E-state index >= 15 is 0 Å². The van der Waals surface area contributed by atoms with Crippen molar-refractivity contribution in [3.05, 3.63) is 34.4 Å². The molecule has 0 saturated heterocycles. The zero-order chi connectivity index (χ0) is 9.30. The third-order valence-electron chi connectivity index (χ3n) is 2.17. The molecule has 13 heavy (non-hydrogen) atoms. The van der Waals surface area contributed by atoms with Gasteiger partial charge in [-0.1, -0.05) is 0 Å². The summed E-state index contributed by atoms with van der Waals surface area (Å²) in [4.78, 5) is 10.6. The van der Waals surface area contributed by atoms with E-state index in [9.17, 15) is 4.79 Å². The molecule has 0 aliphatic carbocycles. The molecule has 0 bridgehead atoms. The molecule has 0 radical (unpaired) electrons. The van der Waals surface area contributed by atoms with Crippen LogP contribution in [0.25, 0.3) is 0 Å². The molecule has 0 saturated carbocycles. The van der Waals surface area contributed by atoms with E-state index in [1.165, 1.54) is 5.56 Å². The van der Waals surface area contributed by atoms with Crippen molar-refractivity contribution in [2.24, 2.45) is 0 Å². The van der Waals surface area contributed by atoms with Crippen LogP contribution in [0, 0.1) is 20.8 Å². The zero-order valence-electron chi connectivity index (χ0n) is 7.51. The number of carbonyl (C=O) groups is 1. The van der Waals surface area contributed by atoms with Crippen LogP contribution >= 0.6 is 0 Å². The molecule has 0 atom stereocenters. The van der Waals surface area contributed by atoms with Crippen molar-refractivity contribution in [3.63, 3.8) is 0 Å². The zero-order valence-corrected chi connectivity index (χ0v) is 7.51. The minimum absolute atomic E-state index is 0. The predicted molar refractivity (Wildman–Crippen MR) is 57.6 cm³/mol. The number of aromatic carboxylic acids is 1. The molecule has 1 aromatic carbocycles. The molecular formula is C10H15GaO2. The number of hydrogen-bond donors (Lipinski definition) is 1. The molecule has 1 aromatic rings. The maximum atomic E-state index is 10.6. The normalized spacial score (nSPS) is 9.15. The van der Waals surface area contributed by atoms with Crippen molar-refractivity contribution in [3.8, 4) is 0 Å². The Morgan fingerprint density at radius 2 is 1.54 bits per heavy atom. The van der Waals surface area contributed by atoms with Crippen LogP contribution in [0.1, 0.15) is 27.0 Å². The van der Waals surface area contributed by atoms with E-state index in [1.54, 1.807) is 12.1 Å². The van der Waals surface area contributed by atoms with Gasteiger partial charge >= 0.3 is 25.8 Å². The Kier molecular flexibility index (Phi) is 4.30. The van der Waals surface area contributed by atoms with Gasteiger partial charge in [0.1, 0.15) is 0 Å². The van der Waals surface area contributed by atoms with Crippen molar-refractivity contribution >= 4 is 25.8 Å². The molecule has 0 amide bonds. The Morgan fingerprint density at radius 3 is 1.85 bits per heavy atom. The maximum absolute atomic E-state index is 10.6. The monoisotopic (exact) mass is 236 g/mol. The third-order valence-corrected chi connectivity index (χ3v) is 2.17. The van der Waals surface area contributed by atoms with E-state index in [2.05, 4.69) is 0 Å². The number of hydrogen-bond acceptors (Lipinski definition) is 1. The Labute approximate surface area is 91.0 Å². The Morgan fingerprint density at radius 1 is 1.15 bits per heavy atom. The van der Waals surface area contributed by atoms with Crippen LogP contribution in [-0.4, -0.2) is 30.9 Å². The topological polar surface area (TPSA) is 37.3 Å². The fraction of sp³-hybridized carbons (Fsp3) is 0.300. The van der Waals surface area contributed by atoms with Gasteiger partial charge in [0.2, 0.25) is 0 Å². The Balaban J connectivity index is 0.00000144. The third kappa shape index (κ3) is 2.64. The number of aryl methyl sites for hydroxylation is 2. The summed E-state index contributed by atoms with van der Waals surface area (Å²) in [5.41, 5.74) is 3.61. The summed E-state index contributed by atoms with van der Waals surface area (Å²) in [6.07, 6.45) is 0. The van der Waals surface area contributed by atoms with Crippen LogP contribution in [0.3, 0.4) is 0 Å². The fourth-order valence-corrected chi connectivity index (χ4v) is 1.16. The fourth-order valence-electron chi connectivity index (χ4n) is 1.16. The van der Waals surface area contributed by atoms with Crippen molar-refractivity contribution in [1.29, 1.82) is 0 Å². The molecule has 0 aliphatic rings. The molecule has 1 rings (SSSR count). The van der Waals surface area contributed by atoms with Crippen LogP contribution in [-0.2, 0) is 0 Å². The molecular weight excluding hydrogens is 222 g/mol. The number of carboxylic acids is 1. The molecule has 3 heteroatoms. The first-order chi connectivity index (χ1) is 5.52. The van der Waals surface area contributed by atoms with E-state index in [1.807, 2.05) is 20.8 Å². The van der Waals surface area contributed by atoms with Gasteiger partial charge in [-0.05, 0) is 49.6 Å². The second kappa shape index (κ2) is 4.53. The van der Waals surface area contributed by atoms with Gasteiger partial charge in [-0.3, -0.25) is 0 Å². The Hall–Kier alpha value is -0.674. The van der Waals surface area contributed by atoms with Crippen molar-refractivity contribution in [2.75, 3.05) is 0 Å². The van der Waals surface area contributed by atoms with Gasteiger partial charge < -0.3 is 5.11 Å². The summed E-state index contributed by atoms with van der Waals surface area (Å²) in [6.45, 7) is 5.85. The molecule has 0 aliphatic heterocycles. The first kappa shape index (κ1) is 12.3. The van der Waals surface area contributed by atoms with Crippen LogP contribution < -0.4 is 0 Å². The number of benzene rings is 1. The van der Waals surface area contributed by atoms with Gasteiger partial charge in [0.05, 0.1) is 5.56 Å². The first-order valence-electron chi connectivity index (χ1n) is 3.83. The summed E-state index contributed by atoms with van der Waals surface area (Å²) < 4.78 is 0. The van der Waals surface area contributed by atoms with Crippen LogP contribution in [0.2, 0.25) is 0 Å². The van der Waals surface area contributed by atoms with E-state index in [0.29, 0.717) is 5.56 Å². The summed E-state index contributed by atoms with van der Waals surface area (Å²) in [5.74, 6) is -0.860. The molecule has 0 fully saturated rings. The SMILES string of the molecule is Cc1cc(C(=O)O)cc(C)c1C.[GaH3]. The average molecular weight is 237 g/mol. The number of carboxylic acid groups (broad SMARTS) is 1. The molecule has 0 heterocycles. The summed E-state index contributed by atoms with van der Waals surface area (Å²) >= 11 is 0. The van der Waals surface area contributed by atoms with E-state index in [-0.39, 0.29) is 19.8 Å². The van der Waals surface area contributed by atoms with Crippen molar-refractivity contribution in [2.45, 2.75) is 20.8 Å². The van der Waals surface area contributed by atoms with Gasteiger partial charge in [-0.25, -0.2) is 4.79 Å². The molecule has 1 N–H and O–H groups in total. The summed E-state index contributed by atoms with van der Waals surface area (Å²) in [6, 6.07) is 3.40. The second-order valence-electron chi connectivity index (χ2n) is 3.04. The first-order valence-corrected chi connectivity index (χ1v) is 3.83. The van der Waals surface area contributed by atoms with E-state index in [0.717, 1.165) is 11.1 Å². The molecule has 0 spiro atoms. The van der Waals surface area contributed by atoms with Gasteiger partial charge in [0, 0.05) is 0 Å². The van der Waals surface area contributed by atoms with E-state index in [4.69, 9.17) is 5.11 Å². The quantitative estimate of drug-likeness (QED) is 0.743. The van der Waals surface area contributed by atoms with Crippen LogP contribution in [0.5, 0.6) is 0 Å². The molecule has 0 aromatic heterocycles. The van der Waals surface area contributed by atoms with Gasteiger partial charge in [0.15, 0.2) is 0 Å². The predicted octanol–water partition coefficient (Wildman–Crippen LogP) is 1.13. The van der Waals surface area contributed by atoms with Crippen LogP contribution in [0.15, 0.2) is 12.1 Å². The standard InChI is InChI=1S/C10H12O2.Ga.3H/c1-6-4-9(10(11)12)5-7(2)8(6)3;;;;/h4-5H,1-3H3,(H,11,12);;;;. The van der Waals surface area contributed by atoms with Crippen molar-refractivity contribution < 1.29 is 9.90 Å². The van der Waals surface area contributed by atoms with Gasteiger partial charge in [-0.15, -0.1) is 0 Å². The average Bonchev–Trinajstić information content (AvgIpc) is 1.99. The molecule has 2 nitrogen and oxygen atoms in total. The summed E-state index contributed by atoms with van der Waals surface area (Å²) in [5, 5.41) is 8.72. The van der Waals surface area contributed by atoms with Crippen molar-refractivity contribution in [1.82, 2.24) is 0 Å². The molecule has 70 valence electrons. The van der Waals surface area contributed by atoms with Gasteiger partial charge in [-0.2, -0.15) is 0 Å². The minimum atomic E-state index is -0.860. The van der Waals surface area contributed by atoms with E-state index < -0.39 is 5.97 Å². The second-order valence-corrected chi connectivity index (χ2v) is 3.04. The Bertz CT molecular complexity index is 309. The molecule has 0 unspecified atom stereocenters. The number of rotatable bonds is 1.